The van der Waals surface area contributed by atoms with Crippen molar-refractivity contribution in [1.29, 1.82) is 0 Å². The van der Waals surface area contributed by atoms with E-state index in [-0.39, 0.29) is 18.3 Å². The highest BCUT2D eigenvalue weighted by atomic mass is 16.5. The molecule has 0 radical (unpaired) electrons. The van der Waals surface area contributed by atoms with Gasteiger partial charge in [0.1, 0.15) is 0 Å². The lowest BCUT2D eigenvalue weighted by Gasteiger charge is -2.20. The Morgan fingerprint density at radius 1 is 1.17 bits per heavy atom. The molecule has 1 aromatic carbocycles. The zero-order chi connectivity index (χ0) is 13.5. The molecular weight excluding hydrogens is 230 g/mol. The first-order valence-corrected chi connectivity index (χ1v) is 6.08. The number of benzene rings is 1. The summed E-state index contributed by atoms with van der Waals surface area (Å²) in [5, 5.41) is 0. The van der Waals surface area contributed by atoms with Gasteiger partial charge in [-0.15, -0.1) is 0 Å². The van der Waals surface area contributed by atoms with Crippen LogP contribution in [0.1, 0.15) is 29.8 Å². The van der Waals surface area contributed by atoms with Crippen molar-refractivity contribution in [2.75, 3.05) is 20.2 Å². The van der Waals surface area contributed by atoms with E-state index in [9.17, 15) is 9.59 Å². The number of hydrogen-bond donors (Lipinski definition) is 0. The van der Waals surface area contributed by atoms with Gasteiger partial charge in [-0.05, 0) is 25.5 Å². The molecule has 1 aromatic rings. The molecule has 98 valence electrons. The molecule has 0 aromatic heterocycles. The van der Waals surface area contributed by atoms with Gasteiger partial charge in [-0.2, -0.15) is 0 Å². The van der Waals surface area contributed by atoms with E-state index in [4.69, 9.17) is 0 Å². The maximum Gasteiger partial charge on any atom is 0.310 e. The lowest BCUT2D eigenvalue weighted by Crippen LogP contribution is -2.31. The molecule has 4 nitrogen and oxygen atoms in total. The number of rotatable bonds is 5. The predicted molar refractivity (Wildman–Crippen MR) is 69.4 cm³/mol. The van der Waals surface area contributed by atoms with Crippen molar-refractivity contribution in [2.45, 2.75) is 20.3 Å². The fourth-order valence-corrected chi connectivity index (χ4v) is 1.79. The molecule has 1 amide bonds. The molecule has 0 atom stereocenters. The molecule has 0 aliphatic rings. The van der Waals surface area contributed by atoms with E-state index in [1.807, 2.05) is 19.9 Å². The van der Waals surface area contributed by atoms with Crippen LogP contribution in [0.4, 0.5) is 0 Å². The Morgan fingerprint density at radius 2 is 1.78 bits per heavy atom. The first-order valence-electron chi connectivity index (χ1n) is 6.08. The number of methoxy groups -OCH3 is 1. The smallest absolute Gasteiger partial charge is 0.310 e. The molecule has 0 bridgehead atoms. The van der Waals surface area contributed by atoms with Gasteiger partial charge in [0, 0.05) is 18.7 Å². The summed E-state index contributed by atoms with van der Waals surface area (Å²) >= 11 is 0. The van der Waals surface area contributed by atoms with E-state index in [2.05, 4.69) is 4.74 Å². The van der Waals surface area contributed by atoms with Crippen molar-refractivity contribution in [1.82, 2.24) is 4.90 Å². The number of esters is 1. The van der Waals surface area contributed by atoms with Gasteiger partial charge in [-0.25, -0.2) is 0 Å². The summed E-state index contributed by atoms with van der Waals surface area (Å²) in [7, 11) is 1.34. The number of amides is 1. The predicted octanol–water partition coefficient (Wildman–Crippen LogP) is 1.88. The highest BCUT2D eigenvalue weighted by Crippen LogP contribution is 2.13. The van der Waals surface area contributed by atoms with E-state index in [1.165, 1.54) is 7.11 Å². The molecule has 0 heterocycles. The largest absolute Gasteiger partial charge is 0.469 e. The molecule has 0 saturated heterocycles. The Hall–Kier alpha value is -1.84. The normalized spacial score (nSPS) is 9.94. The van der Waals surface area contributed by atoms with E-state index in [1.54, 1.807) is 23.1 Å². The van der Waals surface area contributed by atoms with Crippen molar-refractivity contribution in [3.63, 3.8) is 0 Å². The average Bonchev–Trinajstić information content (AvgIpc) is 2.40. The molecule has 18 heavy (non-hydrogen) atoms. The second-order valence-electron chi connectivity index (χ2n) is 3.89. The Labute approximate surface area is 108 Å². The minimum Gasteiger partial charge on any atom is -0.469 e. The van der Waals surface area contributed by atoms with E-state index >= 15 is 0 Å². The first-order chi connectivity index (χ1) is 8.63. The van der Waals surface area contributed by atoms with Crippen LogP contribution in [0.5, 0.6) is 0 Å². The zero-order valence-corrected chi connectivity index (χ0v) is 11.1. The minimum atomic E-state index is -0.338. The monoisotopic (exact) mass is 249 g/mol. The minimum absolute atomic E-state index is 0.0421. The molecule has 4 heteroatoms. The van der Waals surface area contributed by atoms with E-state index in [0.29, 0.717) is 24.2 Å². The number of hydrogen-bond acceptors (Lipinski definition) is 3. The summed E-state index contributed by atoms with van der Waals surface area (Å²) in [6.45, 7) is 5.18. The van der Waals surface area contributed by atoms with Gasteiger partial charge in [0.15, 0.2) is 0 Å². The molecule has 0 aliphatic carbocycles. The van der Waals surface area contributed by atoms with Crippen LogP contribution >= 0.6 is 0 Å². The van der Waals surface area contributed by atoms with Gasteiger partial charge in [-0.1, -0.05) is 18.2 Å². The third kappa shape index (κ3) is 3.32. The number of carbonyl (C=O) groups is 2. The van der Waals surface area contributed by atoms with Crippen LogP contribution in [-0.2, 0) is 16.0 Å². The van der Waals surface area contributed by atoms with Crippen molar-refractivity contribution < 1.29 is 14.3 Å². The van der Waals surface area contributed by atoms with Crippen LogP contribution in [0.3, 0.4) is 0 Å². The Kier molecular flexibility index (Phi) is 5.36. The molecular formula is C14H19NO3. The Bertz CT molecular complexity index is 425. The number of ether oxygens (including phenoxy) is 1. The summed E-state index contributed by atoms with van der Waals surface area (Å²) in [6.07, 6.45) is 0.125. The standard InChI is InChI=1S/C14H19NO3/c1-4-15(5-2)14(17)12-9-7-6-8-11(12)10-13(16)18-3/h6-9H,4-5,10H2,1-3H3. The molecule has 0 spiro atoms. The maximum atomic E-state index is 12.3. The highest BCUT2D eigenvalue weighted by molar-refractivity contribution is 5.96. The summed E-state index contributed by atoms with van der Waals surface area (Å²) in [5.41, 5.74) is 1.29. The molecule has 0 fully saturated rings. The lowest BCUT2D eigenvalue weighted by molar-refractivity contribution is -0.139. The van der Waals surface area contributed by atoms with Gasteiger partial charge in [0.2, 0.25) is 0 Å². The Morgan fingerprint density at radius 3 is 2.33 bits per heavy atom. The fourth-order valence-electron chi connectivity index (χ4n) is 1.79. The quantitative estimate of drug-likeness (QED) is 0.749. The van der Waals surface area contributed by atoms with Crippen molar-refractivity contribution in [3.8, 4) is 0 Å². The lowest BCUT2D eigenvalue weighted by atomic mass is 10.0. The summed E-state index contributed by atoms with van der Waals surface area (Å²) in [6, 6.07) is 7.15. The van der Waals surface area contributed by atoms with Crippen molar-refractivity contribution >= 4 is 11.9 Å². The number of carbonyl (C=O) groups excluding carboxylic acids is 2. The van der Waals surface area contributed by atoms with Gasteiger partial charge in [-0.3, -0.25) is 9.59 Å². The van der Waals surface area contributed by atoms with Crippen molar-refractivity contribution in [3.05, 3.63) is 35.4 Å². The van der Waals surface area contributed by atoms with E-state index in [0.717, 1.165) is 0 Å². The third-order valence-corrected chi connectivity index (χ3v) is 2.86. The van der Waals surface area contributed by atoms with Crippen LogP contribution in [0.15, 0.2) is 24.3 Å². The van der Waals surface area contributed by atoms with Gasteiger partial charge in [0.25, 0.3) is 5.91 Å². The first kappa shape index (κ1) is 14.2. The summed E-state index contributed by atoms with van der Waals surface area (Å²) in [5.74, 6) is -0.380. The third-order valence-electron chi connectivity index (χ3n) is 2.86. The second-order valence-corrected chi connectivity index (χ2v) is 3.89. The van der Waals surface area contributed by atoms with Crippen LogP contribution in [-0.4, -0.2) is 37.0 Å². The Balaban J connectivity index is 3.01. The van der Waals surface area contributed by atoms with E-state index < -0.39 is 0 Å². The molecule has 0 aliphatic heterocycles. The SMILES string of the molecule is CCN(CC)C(=O)c1ccccc1CC(=O)OC. The second kappa shape index (κ2) is 6.79. The van der Waals surface area contributed by atoms with Gasteiger partial charge in [0.05, 0.1) is 13.5 Å². The van der Waals surface area contributed by atoms with Crippen LogP contribution in [0.2, 0.25) is 0 Å². The molecule has 0 unspecified atom stereocenters. The topological polar surface area (TPSA) is 46.6 Å². The molecule has 1 rings (SSSR count). The van der Waals surface area contributed by atoms with Crippen LogP contribution < -0.4 is 0 Å². The molecule has 0 N–H and O–H groups in total. The maximum absolute atomic E-state index is 12.3. The molecule has 0 saturated carbocycles. The van der Waals surface area contributed by atoms with Crippen molar-refractivity contribution in [2.24, 2.45) is 0 Å². The average molecular weight is 249 g/mol. The summed E-state index contributed by atoms with van der Waals surface area (Å²) in [4.78, 5) is 25.3. The highest BCUT2D eigenvalue weighted by Gasteiger charge is 2.17. The van der Waals surface area contributed by atoms with Crippen LogP contribution in [0.25, 0.3) is 0 Å². The zero-order valence-electron chi connectivity index (χ0n) is 11.1. The summed E-state index contributed by atoms with van der Waals surface area (Å²) < 4.78 is 4.64. The van der Waals surface area contributed by atoms with Crippen LogP contribution in [0, 0.1) is 0 Å². The fraction of sp³-hybridized carbons (Fsp3) is 0.429. The van der Waals surface area contributed by atoms with Gasteiger partial charge >= 0.3 is 5.97 Å². The number of nitrogens with zero attached hydrogens (tertiary/aromatic N) is 1. The van der Waals surface area contributed by atoms with Gasteiger partial charge < -0.3 is 9.64 Å².